The fourth-order valence-electron chi connectivity index (χ4n) is 9.12. The average molecular weight is 897 g/mol. The topological polar surface area (TPSA) is 52.6 Å². The summed E-state index contributed by atoms with van der Waals surface area (Å²) in [6.45, 7) is 26.7. The smallest absolute Gasteiger partial charge is 0.139 e. The Morgan fingerprint density at radius 1 is 0.250 bits per heavy atom. The molecule has 4 aromatic heterocycles. The fourth-order valence-corrected chi connectivity index (χ4v) is 9.12. The number of hydrogen-bond acceptors (Lipinski definition) is 4. The standard InChI is InChI=1S/4C16H16O/c1-16(2,3)13-9-6-8-12-11-7-4-5-10-14(11)17-15(12)13;1-16(2,3)12-8-6-10-14-15(12)11-7-4-5-9-13(11)17-14;1-16(2,3)11-8-9-15-13(10-11)12-6-4-5-7-14(12)17-15;1-16(2,3)11-8-9-13-12-6-4-5-7-14(12)17-15(13)10-11/h4*4-10H,1-3H3. The van der Waals surface area contributed by atoms with E-state index in [9.17, 15) is 0 Å². The molecule has 0 fully saturated rings. The average Bonchev–Trinajstić information content (AvgIpc) is 4.08. The third kappa shape index (κ3) is 9.17. The van der Waals surface area contributed by atoms with Gasteiger partial charge in [0.2, 0.25) is 0 Å². The third-order valence-electron chi connectivity index (χ3n) is 12.9. The molecule has 12 rings (SSSR count). The van der Waals surface area contributed by atoms with Gasteiger partial charge >= 0.3 is 0 Å². The van der Waals surface area contributed by atoms with Crippen molar-refractivity contribution in [2.45, 2.75) is 105 Å². The molecule has 0 spiro atoms. The zero-order valence-electron chi connectivity index (χ0n) is 41.8. The molecule has 0 N–H and O–H groups in total. The van der Waals surface area contributed by atoms with Crippen molar-refractivity contribution in [3.05, 3.63) is 192 Å². The van der Waals surface area contributed by atoms with E-state index in [2.05, 4.69) is 198 Å². The SMILES string of the molecule is CC(C)(C)c1ccc2c(c1)oc1ccccc12.CC(C)(C)c1ccc2oc3ccccc3c2c1.CC(C)(C)c1cccc2c1oc1ccccc12.CC(C)(C)c1cccc2oc3ccccc3c12. The first-order valence-electron chi connectivity index (χ1n) is 23.9. The summed E-state index contributed by atoms with van der Waals surface area (Å²) in [5.74, 6) is 0. The molecule has 0 bridgehead atoms. The van der Waals surface area contributed by atoms with E-state index in [0.717, 1.165) is 44.7 Å². The number of benzene rings is 8. The molecule has 0 unspecified atom stereocenters. The molecule has 0 saturated carbocycles. The Kier molecular flexibility index (Phi) is 11.9. The van der Waals surface area contributed by atoms with Crippen LogP contribution >= 0.6 is 0 Å². The van der Waals surface area contributed by atoms with Crippen LogP contribution in [0.1, 0.15) is 105 Å². The summed E-state index contributed by atoms with van der Waals surface area (Å²) in [7, 11) is 0. The van der Waals surface area contributed by atoms with Crippen LogP contribution in [0.25, 0.3) is 87.8 Å². The minimum atomic E-state index is 0.105. The molecule has 0 aliphatic heterocycles. The molecule has 4 heteroatoms. The molecule has 0 radical (unpaired) electrons. The van der Waals surface area contributed by atoms with Gasteiger partial charge in [-0.25, -0.2) is 0 Å². The van der Waals surface area contributed by atoms with Crippen LogP contribution < -0.4 is 0 Å². The maximum Gasteiger partial charge on any atom is 0.139 e. The molecule has 4 nitrogen and oxygen atoms in total. The molecule has 0 aliphatic rings. The van der Waals surface area contributed by atoms with Crippen molar-refractivity contribution in [3.63, 3.8) is 0 Å². The van der Waals surface area contributed by atoms with Crippen LogP contribution in [0.4, 0.5) is 0 Å². The van der Waals surface area contributed by atoms with Crippen LogP contribution in [-0.2, 0) is 21.7 Å². The van der Waals surface area contributed by atoms with Gasteiger partial charge in [-0.3, -0.25) is 0 Å². The van der Waals surface area contributed by atoms with Crippen LogP contribution in [-0.4, -0.2) is 0 Å². The van der Waals surface area contributed by atoms with E-state index in [1.807, 2.05) is 54.6 Å². The molecule has 12 aromatic rings. The predicted octanol–water partition coefficient (Wildman–Crippen LogP) is 19.5. The fraction of sp³-hybridized carbons (Fsp3) is 0.250. The van der Waals surface area contributed by atoms with Crippen LogP contribution in [0.2, 0.25) is 0 Å². The molecular formula is C64H64O4. The lowest BCUT2D eigenvalue weighted by molar-refractivity contribution is 0.573. The van der Waals surface area contributed by atoms with Gasteiger partial charge in [0, 0.05) is 48.7 Å². The lowest BCUT2D eigenvalue weighted by Gasteiger charge is -2.19. The molecule has 4 heterocycles. The summed E-state index contributed by atoms with van der Waals surface area (Å²) in [4.78, 5) is 0. The van der Waals surface area contributed by atoms with Crippen molar-refractivity contribution < 1.29 is 17.7 Å². The first-order valence-corrected chi connectivity index (χ1v) is 23.9. The van der Waals surface area contributed by atoms with Gasteiger partial charge in [-0.2, -0.15) is 0 Å². The quantitative estimate of drug-likeness (QED) is 0.152. The predicted molar refractivity (Wildman–Crippen MR) is 290 cm³/mol. The highest BCUT2D eigenvalue weighted by Gasteiger charge is 2.22. The zero-order chi connectivity index (χ0) is 48.2. The largest absolute Gasteiger partial charge is 0.456 e. The first-order chi connectivity index (χ1) is 32.3. The maximum absolute atomic E-state index is 6.01. The van der Waals surface area contributed by atoms with E-state index in [-0.39, 0.29) is 21.7 Å². The van der Waals surface area contributed by atoms with Gasteiger partial charge in [0.15, 0.2) is 0 Å². The number of para-hydroxylation sites is 5. The van der Waals surface area contributed by atoms with E-state index in [1.54, 1.807) is 0 Å². The molecule has 0 atom stereocenters. The molecular weight excluding hydrogens is 833 g/mol. The van der Waals surface area contributed by atoms with Gasteiger partial charge in [-0.1, -0.05) is 204 Å². The molecule has 8 aromatic carbocycles. The van der Waals surface area contributed by atoms with Crippen molar-refractivity contribution in [1.29, 1.82) is 0 Å². The second kappa shape index (κ2) is 17.6. The van der Waals surface area contributed by atoms with Crippen molar-refractivity contribution >= 4 is 87.8 Å². The summed E-state index contributed by atoms with van der Waals surface area (Å²) in [5, 5.41) is 9.71. The van der Waals surface area contributed by atoms with Crippen LogP contribution in [0, 0.1) is 0 Å². The Morgan fingerprint density at radius 2 is 0.632 bits per heavy atom. The van der Waals surface area contributed by atoms with Crippen molar-refractivity contribution in [2.75, 3.05) is 0 Å². The second-order valence-corrected chi connectivity index (χ2v) is 22.2. The Labute approximate surface area is 400 Å². The van der Waals surface area contributed by atoms with Crippen molar-refractivity contribution in [2.24, 2.45) is 0 Å². The minimum absolute atomic E-state index is 0.105. The first kappa shape index (κ1) is 46.1. The van der Waals surface area contributed by atoms with Gasteiger partial charge in [0.05, 0.1) is 0 Å². The van der Waals surface area contributed by atoms with Crippen LogP contribution in [0.15, 0.2) is 188 Å². The van der Waals surface area contributed by atoms with E-state index in [4.69, 9.17) is 17.7 Å². The summed E-state index contributed by atoms with van der Waals surface area (Å²) in [5.41, 5.74) is 13.7. The molecule has 0 aliphatic carbocycles. The molecule has 0 saturated heterocycles. The highest BCUT2D eigenvalue weighted by Crippen LogP contribution is 2.39. The van der Waals surface area contributed by atoms with Gasteiger partial charge < -0.3 is 17.7 Å². The second-order valence-electron chi connectivity index (χ2n) is 22.2. The molecule has 344 valence electrons. The summed E-state index contributed by atoms with van der Waals surface area (Å²) in [6, 6.07) is 58.6. The van der Waals surface area contributed by atoms with Gasteiger partial charge in [-0.15, -0.1) is 0 Å². The number of rotatable bonds is 0. The van der Waals surface area contributed by atoms with Crippen LogP contribution in [0.3, 0.4) is 0 Å². The highest BCUT2D eigenvalue weighted by molar-refractivity contribution is 6.08. The number of hydrogen-bond donors (Lipinski definition) is 0. The summed E-state index contributed by atoms with van der Waals surface area (Å²) in [6.07, 6.45) is 0. The maximum atomic E-state index is 6.01. The minimum Gasteiger partial charge on any atom is -0.456 e. The Morgan fingerprint density at radius 3 is 1.22 bits per heavy atom. The summed E-state index contributed by atoms with van der Waals surface area (Å²) < 4.78 is 23.6. The molecule has 0 amide bonds. The zero-order valence-corrected chi connectivity index (χ0v) is 41.8. The van der Waals surface area contributed by atoms with Crippen molar-refractivity contribution in [3.8, 4) is 0 Å². The number of fused-ring (bicyclic) bond motifs is 12. The highest BCUT2D eigenvalue weighted by atomic mass is 16.3. The third-order valence-corrected chi connectivity index (χ3v) is 12.9. The van der Waals surface area contributed by atoms with E-state index in [1.165, 1.54) is 65.3 Å². The Hall–Kier alpha value is -7.04. The van der Waals surface area contributed by atoms with E-state index in [0.29, 0.717) is 0 Å². The van der Waals surface area contributed by atoms with Crippen LogP contribution in [0.5, 0.6) is 0 Å². The van der Waals surface area contributed by atoms with Gasteiger partial charge in [0.25, 0.3) is 0 Å². The Balaban J connectivity index is 0.000000113. The monoisotopic (exact) mass is 896 g/mol. The summed E-state index contributed by atoms with van der Waals surface area (Å²) >= 11 is 0. The van der Waals surface area contributed by atoms with Crippen molar-refractivity contribution in [1.82, 2.24) is 0 Å². The molecule has 68 heavy (non-hydrogen) atoms. The number of furan rings is 4. The lowest BCUT2D eigenvalue weighted by Crippen LogP contribution is -2.11. The normalized spacial score (nSPS) is 12.4. The van der Waals surface area contributed by atoms with Gasteiger partial charge in [-0.05, 0) is 86.9 Å². The van der Waals surface area contributed by atoms with Gasteiger partial charge in [0.1, 0.15) is 44.7 Å². The van der Waals surface area contributed by atoms with E-state index < -0.39 is 0 Å². The lowest BCUT2D eigenvalue weighted by atomic mass is 9.84. The van der Waals surface area contributed by atoms with E-state index >= 15 is 0 Å². The Bertz CT molecular complexity index is 3700.